The van der Waals surface area contributed by atoms with E-state index in [4.69, 9.17) is 4.74 Å². The quantitative estimate of drug-likeness (QED) is 0.778. The van der Waals surface area contributed by atoms with Crippen LogP contribution in [0.15, 0.2) is 42.6 Å². The molecule has 0 spiro atoms. The lowest BCUT2D eigenvalue weighted by atomic mass is 10.2. The second-order valence-corrected chi connectivity index (χ2v) is 6.37. The second-order valence-electron chi connectivity index (χ2n) is 6.37. The Balaban J connectivity index is 1.65. The number of aromatic nitrogens is 1. The zero-order valence-corrected chi connectivity index (χ0v) is 14.3. The fourth-order valence-electron chi connectivity index (χ4n) is 3.08. The Hall–Kier alpha value is -1.69. The van der Waals surface area contributed by atoms with Crippen molar-refractivity contribution in [1.82, 2.24) is 14.4 Å². The molecule has 0 radical (unpaired) electrons. The molecule has 0 aliphatic carbocycles. The molecule has 0 amide bonds. The highest BCUT2D eigenvalue weighted by Gasteiger charge is 2.15. The Morgan fingerprint density at radius 2 is 1.88 bits per heavy atom. The zero-order valence-electron chi connectivity index (χ0n) is 14.3. The van der Waals surface area contributed by atoms with Crippen LogP contribution in [0, 0.1) is 5.82 Å². The van der Waals surface area contributed by atoms with Crippen LogP contribution in [-0.2, 0) is 24.9 Å². The Morgan fingerprint density at radius 3 is 2.58 bits per heavy atom. The second kappa shape index (κ2) is 8.42. The van der Waals surface area contributed by atoms with E-state index in [9.17, 15) is 4.39 Å². The number of aryl methyl sites for hydroxylation is 1. The molecule has 0 unspecified atom stereocenters. The molecule has 1 saturated heterocycles. The van der Waals surface area contributed by atoms with Crippen LogP contribution in [0.1, 0.15) is 11.3 Å². The summed E-state index contributed by atoms with van der Waals surface area (Å²) in [5.41, 5.74) is 2.00. The van der Waals surface area contributed by atoms with E-state index in [0.717, 1.165) is 51.5 Å². The van der Waals surface area contributed by atoms with Gasteiger partial charge in [0, 0.05) is 63.8 Å². The summed E-state index contributed by atoms with van der Waals surface area (Å²) in [7, 11) is 2.05. The highest BCUT2D eigenvalue weighted by molar-refractivity contribution is 5.17. The monoisotopic (exact) mass is 331 g/mol. The van der Waals surface area contributed by atoms with Gasteiger partial charge in [0.05, 0.1) is 13.2 Å². The summed E-state index contributed by atoms with van der Waals surface area (Å²) in [4.78, 5) is 4.74. The lowest BCUT2D eigenvalue weighted by Gasteiger charge is -2.30. The van der Waals surface area contributed by atoms with Crippen LogP contribution in [0.2, 0.25) is 0 Å². The number of rotatable bonds is 7. The molecule has 0 atom stereocenters. The Bertz CT molecular complexity index is 637. The highest BCUT2D eigenvalue weighted by atomic mass is 19.1. The van der Waals surface area contributed by atoms with Crippen molar-refractivity contribution in [3.8, 4) is 0 Å². The summed E-state index contributed by atoms with van der Waals surface area (Å²) in [6.07, 6.45) is 2.05. The normalized spacial score (nSPS) is 16.0. The van der Waals surface area contributed by atoms with Crippen molar-refractivity contribution in [1.29, 1.82) is 0 Å². The minimum absolute atomic E-state index is 0.124. The summed E-state index contributed by atoms with van der Waals surface area (Å²) < 4.78 is 21.6. The number of hydrogen-bond acceptors (Lipinski definition) is 3. The van der Waals surface area contributed by atoms with E-state index in [0.29, 0.717) is 6.54 Å². The van der Waals surface area contributed by atoms with Crippen LogP contribution >= 0.6 is 0 Å². The van der Waals surface area contributed by atoms with Crippen molar-refractivity contribution >= 4 is 0 Å². The summed E-state index contributed by atoms with van der Waals surface area (Å²) >= 11 is 0. The molecule has 0 saturated carbocycles. The molecule has 1 fully saturated rings. The number of morpholine rings is 1. The molecule has 0 N–H and O–H groups in total. The number of nitrogens with zero attached hydrogens (tertiary/aromatic N) is 3. The van der Waals surface area contributed by atoms with E-state index in [1.165, 1.54) is 11.8 Å². The van der Waals surface area contributed by atoms with Gasteiger partial charge in [-0.25, -0.2) is 4.39 Å². The van der Waals surface area contributed by atoms with Gasteiger partial charge in [-0.1, -0.05) is 18.2 Å². The molecule has 1 aliphatic rings. The molecule has 3 rings (SSSR count). The predicted octanol–water partition coefficient (Wildman–Crippen LogP) is 2.50. The van der Waals surface area contributed by atoms with Gasteiger partial charge in [0.25, 0.3) is 0 Å². The highest BCUT2D eigenvalue weighted by Crippen LogP contribution is 2.13. The minimum atomic E-state index is -0.124. The standard InChI is InChI=1S/C19H26FN3O/c1-21-8-4-6-18(21)16-23(10-9-22-11-13-24-14-12-22)15-17-5-2-3-7-19(17)20/h2-8H,9-16H2,1H3. The number of halogens is 1. The third kappa shape index (κ3) is 4.66. The van der Waals surface area contributed by atoms with Crippen molar-refractivity contribution in [2.24, 2.45) is 7.05 Å². The van der Waals surface area contributed by atoms with Crippen LogP contribution in [0.3, 0.4) is 0 Å². The molecule has 0 bridgehead atoms. The van der Waals surface area contributed by atoms with Crippen LogP contribution in [0.4, 0.5) is 4.39 Å². The van der Waals surface area contributed by atoms with Crippen molar-refractivity contribution in [2.75, 3.05) is 39.4 Å². The third-order valence-electron chi connectivity index (χ3n) is 4.62. The largest absolute Gasteiger partial charge is 0.379 e. The first-order valence-electron chi connectivity index (χ1n) is 8.58. The van der Waals surface area contributed by atoms with E-state index < -0.39 is 0 Å². The van der Waals surface area contributed by atoms with E-state index in [2.05, 4.69) is 39.7 Å². The molecular formula is C19H26FN3O. The lowest BCUT2D eigenvalue weighted by Crippen LogP contribution is -2.41. The molecular weight excluding hydrogens is 305 g/mol. The van der Waals surface area contributed by atoms with Gasteiger partial charge >= 0.3 is 0 Å². The number of ether oxygens (including phenoxy) is 1. The number of benzene rings is 1. The van der Waals surface area contributed by atoms with Crippen LogP contribution in [0.25, 0.3) is 0 Å². The SMILES string of the molecule is Cn1cccc1CN(CCN1CCOCC1)Cc1ccccc1F. The first kappa shape index (κ1) is 17.1. The summed E-state index contributed by atoms with van der Waals surface area (Å²) in [5.74, 6) is -0.124. The molecule has 1 aromatic heterocycles. The molecule has 1 aromatic carbocycles. The smallest absolute Gasteiger partial charge is 0.127 e. The summed E-state index contributed by atoms with van der Waals surface area (Å²) in [5, 5.41) is 0. The van der Waals surface area contributed by atoms with Crippen molar-refractivity contribution in [2.45, 2.75) is 13.1 Å². The van der Waals surface area contributed by atoms with Crippen LogP contribution in [-0.4, -0.2) is 53.8 Å². The number of hydrogen-bond donors (Lipinski definition) is 0. The van der Waals surface area contributed by atoms with Gasteiger partial charge in [0.1, 0.15) is 5.82 Å². The van der Waals surface area contributed by atoms with Gasteiger partial charge in [-0.3, -0.25) is 9.80 Å². The van der Waals surface area contributed by atoms with E-state index in [-0.39, 0.29) is 5.82 Å². The van der Waals surface area contributed by atoms with Crippen molar-refractivity contribution < 1.29 is 9.13 Å². The van der Waals surface area contributed by atoms with E-state index in [1.807, 2.05) is 12.1 Å². The van der Waals surface area contributed by atoms with Crippen LogP contribution < -0.4 is 0 Å². The minimum Gasteiger partial charge on any atom is -0.379 e. The van der Waals surface area contributed by atoms with Crippen molar-refractivity contribution in [3.05, 3.63) is 59.7 Å². The van der Waals surface area contributed by atoms with Gasteiger partial charge in [-0.2, -0.15) is 0 Å². The van der Waals surface area contributed by atoms with Crippen LogP contribution in [0.5, 0.6) is 0 Å². The predicted molar refractivity (Wildman–Crippen MR) is 93.2 cm³/mol. The maximum Gasteiger partial charge on any atom is 0.127 e. The molecule has 4 nitrogen and oxygen atoms in total. The van der Waals surface area contributed by atoms with E-state index >= 15 is 0 Å². The Kier molecular flexibility index (Phi) is 6.01. The van der Waals surface area contributed by atoms with Gasteiger partial charge in [0.15, 0.2) is 0 Å². The molecule has 2 heterocycles. The first-order valence-corrected chi connectivity index (χ1v) is 8.58. The topological polar surface area (TPSA) is 20.6 Å². The summed E-state index contributed by atoms with van der Waals surface area (Å²) in [6, 6.07) is 11.2. The van der Waals surface area contributed by atoms with Gasteiger partial charge < -0.3 is 9.30 Å². The average molecular weight is 331 g/mol. The Labute approximate surface area is 143 Å². The van der Waals surface area contributed by atoms with Gasteiger partial charge in [-0.15, -0.1) is 0 Å². The lowest BCUT2D eigenvalue weighted by molar-refractivity contribution is 0.0323. The maximum atomic E-state index is 14.0. The molecule has 5 heteroatoms. The molecule has 1 aliphatic heterocycles. The van der Waals surface area contributed by atoms with Crippen molar-refractivity contribution in [3.63, 3.8) is 0 Å². The molecule has 130 valence electrons. The fraction of sp³-hybridized carbons (Fsp3) is 0.474. The average Bonchev–Trinajstić information content (AvgIpc) is 3.00. The fourth-order valence-corrected chi connectivity index (χ4v) is 3.08. The maximum absolute atomic E-state index is 14.0. The van der Waals surface area contributed by atoms with Gasteiger partial charge in [0.2, 0.25) is 0 Å². The molecule has 2 aromatic rings. The summed E-state index contributed by atoms with van der Waals surface area (Å²) in [6.45, 7) is 6.94. The van der Waals surface area contributed by atoms with E-state index in [1.54, 1.807) is 6.07 Å². The third-order valence-corrected chi connectivity index (χ3v) is 4.62. The molecule has 24 heavy (non-hydrogen) atoms. The zero-order chi connectivity index (χ0) is 16.8. The Morgan fingerprint density at radius 1 is 1.08 bits per heavy atom. The van der Waals surface area contributed by atoms with Gasteiger partial charge in [-0.05, 0) is 18.2 Å². The first-order chi connectivity index (χ1) is 11.7.